The molecule has 0 spiro atoms. The molecule has 6 nitrogen and oxygen atoms in total. The Labute approximate surface area is 111 Å². The molecule has 0 atom stereocenters. The molecule has 0 fully saturated rings. The van der Waals surface area contributed by atoms with Gasteiger partial charge in [-0.05, 0) is 18.2 Å². The van der Waals surface area contributed by atoms with Crippen LogP contribution in [0.4, 0.5) is 0 Å². The first-order valence-electron chi connectivity index (χ1n) is 5.26. The molecule has 0 aliphatic rings. The third kappa shape index (κ3) is 2.57. The molecule has 0 radical (unpaired) electrons. The summed E-state index contributed by atoms with van der Waals surface area (Å²) in [6.07, 6.45) is 1.57. The second kappa shape index (κ2) is 5.28. The van der Waals surface area contributed by atoms with Gasteiger partial charge < -0.3 is 0 Å². The van der Waals surface area contributed by atoms with Crippen molar-refractivity contribution in [3.05, 3.63) is 39.4 Å². The maximum absolute atomic E-state index is 12.1. The fourth-order valence-corrected chi connectivity index (χ4v) is 1.95. The van der Waals surface area contributed by atoms with E-state index in [1.165, 1.54) is 10.9 Å². The summed E-state index contributed by atoms with van der Waals surface area (Å²) in [7, 11) is 0. The number of nitrogens with two attached hydrogens (primary N) is 1. The molecule has 0 bridgehead atoms. The van der Waals surface area contributed by atoms with Crippen LogP contribution in [0.5, 0.6) is 0 Å². The predicted octanol–water partition coefficient (Wildman–Crippen LogP) is 0.539. The highest BCUT2D eigenvalue weighted by molar-refractivity contribution is 9.10. The number of nitrogens with zero attached hydrogens (tertiary/aromatic N) is 2. The molecule has 1 aromatic heterocycles. The highest BCUT2D eigenvalue weighted by atomic mass is 79.9. The summed E-state index contributed by atoms with van der Waals surface area (Å²) in [6, 6.07) is 5.29. The van der Waals surface area contributed by atoms with E-state index in [-0.39, 0.29) is 24.4 Å². The Balaban J connectivity index is 2.38. The van der Waals surface area contributed by atoms with Crippen LogP contribution in [0, 0.1) is 0 Å². The van der Waals surface area contributed by atoms with Crippen molar-refractivity contribution in [2.75, 3.05) is 0 Å². The molecule has 0 saturated carbocycles. The number of hydrogen-bond acceptors (Lipinski definition) is 4. The van der Waals surface area contributed by atoms with Crippen molar-refractivity contribution in [2.45, 2.75) is 13.0 Å². The average Bonchev–Trinajstić information content (AvgIpc) is 2.38. The van der Waals surface area contributed by atoms with E-state index in [4.69, 9.17) is 5.84 Å². The van der Waals surface area contributed by atoms with E-state index in [0.717, 1.165) is 4.47 Å². The maximum atomic E-state index is 12.1. The van der Waals surface area contributed by atoms with E-state index in [1.807, 2.05) is 11.5 Å². The lowest BCUT2D eigenvalue weighted by molar-refractivity contribution is -0.121. The van der Waals surface area contributed by atoms with Crippen molar-refractivity contribution in [2.24, 2.45) is 5.84 Å². The average molecular weight is 311 g/mol. The Morgan fingerprint density at radius 1 is 1.50 bits per heavy atom. The van der Waals surface area contributed by atoms with E-state index >= 15 is 0 Å². The van der Waals surface area contributed by atoms with E-state index in [1.54, 1.807) is 12.1 Å². The van der Waals surface area contributed by atoms with Gasteiger partial charge in [0.25, 0.3) is 5.56 Å². The van der Waals surface area contributed by atoms with E-state index in [9.17, 15) is 9.59 Å². The Bertz CT molecular complexity index is 653. The predicted molar refractivity (Wildman–Crippen MR) is 70.7 cm³/mol. The van der Waals surface area contributed by atoms with Gasteiger partial charge >= 0.3 is 0 Å². The number of nitrogens with one attached hydrogen (secondary N) is 1. The van der Waals surface area contributed by atoms with Gasteiger partial charge in [-0.25, -0.2) is 10.8 Å². The lowest BCUT2D eigenvalue weighted by atomic mass is 10.2. The first-order chi connectivity index (χ1) is 8.61. The van der Waals surface area contributed by atoms with Gasteiger partial charge in [-0.2, -0.15) is 0 Å². The van der Waals surface area contributed by atoms with Gasteiger partial charge in [0.1, 0.15) is 0 Å². The lowest BCUT2D eigenvalue weighted by Crippen LogP contribution is -2.32. The number of carbonyl (C=O) groups is 1. The fraction of sp³-hybridized carbons (Fsp3) is 0.182. The second-order valence-corrected chi connectivity index (χ2v) is 4.64. The maximum Gasteiger partial charge on any atom is 0.261 e. The van der Waals surface area contributed by atoms with Crippen molar-refractivity contribution in [1.29, 1.82) is 0 Å². The Morgan fingerprint density at radius 2 is 2.28 bits per heavy atom. The van der Waals surface area contributed by atoms with Crippen LogP contribution < -0.4 is 16.8 Å². The molecule has 7 heteroatoms. The topological polar surface area (TPSA) is 90.0 Å². The summed E-state index contributed by atoms with van der Waals surface area (Å²) in [6.45, 7) is 0.247. The smallest absolute Gasteiger partial charge is 0.261 e. The normalized spacial score (nSPS) is 10.6. The van der Waals surface area contributed by atoms with Gasteiger partial charge in [-0.15, -0.1) is 0 Å². The number of rotatable bonds is 3. The van der Waals surface area contributed by atoms with Crippen LogP contribution in [0.15, 0.2) is 33.8 Å². The molecule has 0 aliphatic heterocycles. The van der Waals surface area contributed by atoms with Crippen LogP contribution in [0.1, 0.15) is 6.42 Å². The van der Waals surface area contributed by atoms with Crippen molar-refractivity contribution in [3.63, 3.8) is 0 Å². The summed E-state index contributed by atoms with van der Waals surface area (Å²) in [5.41, 5.74) is 2.47. The van der Waals surface area contributed by atoms with Gasteiger partial charge in [0.15, 0.2) is 0 Å². The standard InChI is InChI=1S/C11H11BrN4O2/c12-7-1-2-9-8(5-7)11(18)16(6-14-9)4-3-10(17)15-13/h1-2,5-6H,3-4,13H2,(H,15,17). The summed E-state index contributed by atoms with van der Waals surface area (Å²) >= 11 is 3.31. The van der Waals surface area contributed by atoms with Crippen LogP contribution in [-0.4, -0.2) is 15.5 Å². The fourth-order valence-electron chi connectivity index (χ4n) is 1.58. The number of hydrazine groups is 1. The number of halogens is 1. The molecule has 3 N–H and O–H groups in total. The summed E-state index contributed by atoms with van der Waals surface area (Å²) in [5, 5.41) is 0.514. The van der Waals surface area contributed by atoms with Crippen LogP contribution >= 0.6 is 15.9 Å². The van der Waals surface area contributed by atoms with Crippen molar-refractivity contribution < 1.29 is 4.79 Å². The first-order valence-corrected chi connectivity index (χ1v) is 6.05. The quantitative estimate of drug-likeness (QED) is 0.492. The second-order valence-electron chi connectivity index (χ2n) is 3.72. The summed E-state index contributed by atoms with van der Waals surface area (Å²) in [5.74, 6) is 4.65. The minimum atomic E-state index is -0.323. The molecule has 0 saturated heterocycles. The lowest BCUT2D eigenvalue weighted by Gasteiger charge is -2.06. The molecule has 1 heterocycles. The molecule has 94 valence electrons. The molecular formula is C11H11BrN4O2. The van der Waals surface area contributed by atoms with Gasteiger partial charge in [0.2, 0.25) is 5.91 Å². The van der Waals surface area contributed by atoms with Crippen LogP contribution in [0.2, 0.25) is 0 Å². The third-order valence-electron chi connectivity index (χ3n) is 2.53. The van der Waals surface area contributed by atoms with Gasteiger partial charge in [-0.1, -0.05) is 15.9 Å². The molecule has 18 heavy (non-hydrogen) atoms. The number of benzene rings is 1. The van der Waals surface area contributed by atoms with Crippen molar-refractivity contribution >= 4 is 32.7 Å². The molecule has 0 unspecified atom stereocenters. The Kier molecular flexibility index (Phi) is 3.73. The highest BCUT2D eigenvalue weighted by Crippen LogP contribution is 2.14. The number of fused-ring (bicyclic) bond motifs is 1. The van der Waals surface area contributed by atoms with Crippen LogP contribution in [0.25, 0.3) is 10.9 Å². The highest BCUT2D eigenvalue weighted by Gasteiger charge is 2.06. The first kappa shape index (κ1) is 12.7. The monoisotopic (exact) mass is 310 g/mol. The molecule has 1 aromatic carbocycles. The van der Waals surface area contributed by atoms with Crippen LogP contribution in [0.3, 0.4) is 0 Å². The Morgan fingerprint density at radius 3 is 3.00 bits per heavy atom. The minimum absolute atomic E-state index is 0.137. The zero-order chi connectivity index (χ0) is 13.1. The van der Waals surface area contributed by atoms with Crippen molar-refractivity contribution in [1.82, 2.24) is 15.0 Å². The van der Waals surface area contributed by atoms with E-state index in [2.05, 4.69) is 20.9 Å². The third-order valence-corrected chi connectivity index (χ3v) is 3.02. The number of aryl methyl sites for hydroxylation is 1. The molecule has 0 aliphatic carbocycles. The van der Waals surface area contributed by atoms with Gasteiger partial charge in [0.05, 0.1) is 17.2 Å². The summed E-state index contributed by atoms with van der Waals surface area (Å²) < 4.78 is 2.20. The van der Waals surface area contributed by atoms with Crippen molar-refractivity contribution in [3.8, 4) is 0 Å². The zero-order valence-corrected chi connectivity index (χ0v) is 11.0. The van der Waals surface area contributed by atoms with Crippen LogP contribution in [-0.2, 0) is 11.3 Å². The number of hydrogen-bond donors (Lipinski definition) is 2. The van der Waals surface area contributed by atoms with E-state index < -0.39 is 0 Å². The minimum Gasteiger partial charge on any atom is -0.298 e. The molecule has 2 aromatic rings. The zero-order valence-electron chi connectivity index (χ0n) is 9.39. The molecule has 2 rings (SSSR count). The van der Waals surface area contributed by atoms with Gasteiger partial charge in [-0.3, -0.25) is 19.6 Å². The SMILES string of the molecule is NNC(=O)CCn1cnc2ccc(Br)cc2c1=O. The molecular weight excluding hydrogens is 300 g/mol. The number of carbonyl (C=O) groups excluding carboxylic acids is 1. The number of aromatic nitrogens is 2. The Hall–Kier alpha value is -1.73. The largest absolute Gasteiger partial charge is 0.298 e. The van der Waals surface area contributed by atoms with Gasteiger partial charge in [0, 0.05) is 17.4 Å². The number of amides is 1. The molecule has 1 amide bonds. The summed E-state index contributed by atoms with van der Waals surface area (Å²) in [4.78, 5) is 27.3. The van der Waals surface area contributed by atoms with E-state index in [0.29, 0.717) is 10.9 Å².